The van der Waals surface area contributed by atoms with E-state index < -0.39 is 0 Å². The summed E-state index contributed by atoms with van der Waals surface area (Å²) in [5, 5.41) is 3.44. The fourth-order valence-corrected chi connectivity index (χ4v) is 1.71. The third-order valence-corrected chi connectivity index (χ3v) is 2.66. The van der Waals surface area contributed by atoms with Gasteiger partial charge in [0.05, 0.1) is 6.61 Å². The largest absolute Gasteiger partial charge is 0.398 e. The smallest absolute Gasteiger partial charge is 0.0664 e. The van der Waals surface area contributed by atoms with Gasteiger partial charge in [-0.15, -0.1) is 0 Å². The summed E-state index contributed by atoms with van der Waals surface area (Å²) in [6.45, 7) is 4.91. The summed E-state index contributed by atoms with van der Waals surface area (Å²) in [5.41, 5.74) is 8.89. The Kier molecular flexibility index (Phi) is 5.12. The van der Waals surface area contributed by atoms with Crippen molar-refractivity contribution in [2.45, 2.75) is 32.7 Å². The molecule has 0 aromatic heterocycles. The lowest BCUT2D eigenvalue weighted by Crippen LogP contribution is -2.24. The van der Waals surface area contributed by atoms with E-state index in [1.54, 1.807) is 7.11 Å². The van der Waals surface area contributed by atoms with Crippen molar-refractivity contribution in [2.24, 2.45) is 0 Å². The highest BCUT2D eigenvalue weighted by molar-refractivity contribution is 5.58. The maximum absolute atomic E-state index is 5.87. The summed E-state index contributed by atoms with van der Waals surface area (Å²) >= 11 is 0. The lowest BCUT2D eigenvalue weighted by atomic mass is 10.1. The quantitative estimate of drug-likeness (QED) is 0.728. The van der Waals surface area contributed by atoms with E-state index in [2.05, 4.69) is 18.3 Å². The summed E-state index contributed by atoms with van der Waals surface area (Å²) in [7, 11) is 1.73. The highest BCUT2D eigenvalue weighted by Crippen LogP contribution is 2.18. The fourth-order valence-electron chi connectivity index (χ4n) is 1.71. The molecule has 0 heterocycles. The SMILES string of the molecule is CCCC(COC)Nc1ccc(C)c(N)c1. The minimum Gasteiger partial charge on any atom is -0.398 e. The number of nitrogen functional groups attached to an aromatic ring is 1. The van der Waals surface area contributed by atoms with Gasteiger partial charge in [0, 0.05) is 24.5 Å². The van der Waals surface area contributed by atoms with Crippen LogP contribution in [0.4, 0.5) is 11.4 Å². The summed E-state index contributed by atoms with van der Waals surface area (Å²) in [6, 6.07) is 6.43. The van der Waals surface area contributed by atoms with Gasteiger partial charge in [-0.05, 0) is 31.0 Å². The lowest BCUT2D eigenvalue weighted by molar-refractivity contribution is 0.182. The van der Waals surface area contributed by atoms with Gasteiger partial charge in [-0.1, -0.05) is 19.4 Å². The second-order valence-corrected chi connectivity index (χ2v) is 4.16. The minimum atomic E-state index is 0.358. The topological polar surface area (TPSA) is 47.3 Å². The predicted molar refractivity (Wildman–Crippen MR) is 69.8 cm³/mol. The molecule has 1 aromatic carbocycles. The van der Waals surface area contributed by atoms with Crippen LogP contribution in [0.2, 0.25) is 0 Å². The van der Waals surface area contributed by atoms with E-state index >= 15 is 0 Å². The standard InChI is InChI=1S/C13H22N2O/c1-4-5-12(9-16-3)15-11-7-6-10(2)13(14)8-11/h6-8,12,15H,4-5,9,14H2,1-3H3. The van der Waals surface area contributed by atoms with Crippen molar-refractivity contribution in [1.82, 2.24) is 0 Å². The Labute approximate surface area is 98.0 Å². The van der Waals surface area contributed by atoms with Crippen LogP contribution in [-0.4, -0.2) is 19.8 Å². The molecule has 0 saturated carbocycles. The van der Waals surface area contributed by atoms with E-state index in [-0.39, 0.29) is 0 Å². The van der Waals surface area contributed by atoms with E-state index in [1.165, 1.54) is 0 Å². The number of nitrogens with one attached hydrogen (secondary N) is 1. The Morgan fingerprint density at radius 1 is 1.44 bits per heavy atom. The van der Waals surface area contributed by atoms with E-state index in [0.717, 1.165) is 36.4 Å². The highest BCUT2D eigenvalue weighted by Gasteiger charge is 2.07. The number of aryl methyl sites for hydroxylation is 1. The molecule has 0 aliphatic carbocycles. The van der Waals surface area contributed by atoms with Gasteiger partial charge in [0.1, 0.15) is 0 Å². The average Bonchev–Trinajstić information content (AvgIpc) is 2.24. The molecule has 0 amide bonds. The number of benzene rings is 1. The number of hydrogen-bond acceptors (Lipinski definition) is 3. The van der Waals surface area contributed by atoms with Crippen LogP contribution in [0.15, 0.2) is 18.2 Å². The number of nitrogens with two attached hydrogens (primary N) is 1. The molecular formula is C13H22N2O. The van der Waals surface area contributed by atoms with Crippen LogP contribution < -0.4 is 11.1 Å². The van der Waals surface area contributed by atoms with Crippen LogP contribution in [0.5, 0.6) is 0 Å². The van der Waals surface area contributed by atoms with Gasteiger partial charge in [-0.2, -0.15) is 0 Å². The van der Waals surface area contributed by atoms with Gasteiger partial charge in [-0.3, -0.25) is 0 Å². The first-order chi connectivity index (χ1) is 7.67. The van der Waals surface area contributed by atoms with Crippen molar-refractivity contribution in [1.29, 1.82) is 0 Å². The third-order valence-electron chi connectivity index (χ3n) is 2.66. The first-order valence-electron chi connectivity index (χ1n) is 5.79. The van der Waals surface area contributed by atoms with Crippen LogP contribution in [0.3, 0.4) is 0 Å². The molecule has 16 heavy (non-hydrogen) atoms. The summed E-state index contributed by atoms with van der Waals surface area (Å²) in [5.74, 6) is 0. The zero-order valence-electron chi connectivity index (χ0n) is 10.4. The fraction of sp³-hybridized carbons (Fsp3) is 0.538. The molecule has 1 unspecified atom stereocenters. The van der Waals surface area contributed by atoms with Crippen LogP contribution >= 0.6 is 0 Å². The van der Waals surface area contributed by atoms with Crippen molar-refractivity contribution in [3.8, 4) is 0 Å². The second kappa shape index (κ2) is 6.38. The molecule has 0 aliphatic heterocycles. The van der Waals surface area contributed by atoms with Crippen LogP contribution in [-0.2, 0) is 4.74 Å². The van der Waals surface area contributed by atoms with Gasteiger partial charge in [-0.25, -0.2) is 0 Å². The number of ether oxygens (including phenoxy) is 1. The van der Waals surface area contributed by atoms with Gasteiger partial charge < -0.3 is 15.8 Å². The molecule has 1 rings (SSSR count). The molecule has 3 N–H and O–H groups in total. The molecule has 0 bridgehead atoms. The minimum absolute atomic E-state index is 0.358. The number of methoxy groups -OCH3 is 1. The van der Waals surface area contributed by atoms with Gasteiger partial charge in [0.25, 0.3) is 0 Å². The Morgan fingerprint density at radius 3 is 2.75 bits per heavy atom. The molecule has 1 aromatic rings. The molecule has 0 spiro atoms. The monoisotopic (exact) mass is 222 g/mol. The Bertz CT molecular complexity index is 320. The zero-order chi connectivity index (χ0) is 12.0. The third kappa shape index (κ3) is 3.74. The molecule has 1 atom stereocenters. The van der Waals surface area contributed by atoms with Crippen molar-refractivity contribution >= 4 is 11.4 Å². The summed E-state index contributed by atoms with van der Waals surface area (Å²) in [4.78, 5) is 0. The first-order valence-corrected chi connectivity index (χ1v) is 5.79. The molecular weight excluding hydrogens is 200 g/mol. The Balaban J connectivity index is 2.65. The van der Waals surface area contributed by atoms with Gasteiger partial charge in [0.15, 0.2) is 0 Å². The molecule has 0 saturated heterocycles. The van der Waals surface area contributed by atoms with E-state index in [1.807, 2.05) is 19.1 Å². The van der Waals surface area contributed by atoms with Crippen LogP contribution in [0.1, 0.15) is 25.3 Å². The molecule has 0 fully saturated rings. The van der Waals surface area contributed by atoms with Gasteiger partial charge >= 0.3 is 0 Å². The van der Waals surface area contributed by atoms with E-state index in [0.29, 0.717) is 6.04 Å². The maximum atomic E-state index is 5.87. The lowest BCUT2D eigenvalue weighted by Gasteiger charge is -2.19. The van der Waals surface area contributed by atoms with Crippen molar-refractivity contribution in [3.05, 3.63) is 23.8 Å². The van der Waals surface area contributed by atoms with Crippen LogP contribution in [0.25, 0.3) is 0 Å². The molecule has 0 radical (unpaired) electrons. The Morgan fingerprint density at radius 2 is 2.19 bits per heavy atom. The van der Waals surface area contributed by atoms with Crippen molar-refractivity contribution in [3.63, 3.8) is 0 Å². The number of hydrogen-bond donors (Lipinski definition) is 2. The predicted octanol–water partition coefficient (Wildman–Crippen LogP) is 2.80. The number of rotatable bonds is 6. The molecule has 3 heteroatoms. The van der Waals surface area contributed by atoms with E-state index in [4.69, 9.17) is 10.5 Å². The van der Waals surface area contributed by atoms with Gasteiger partial charge in [0.2, 0.25) is 0 Å². The van der Waals surface area contributed by atoms with Crippen molar-refractivity contribution < 1.29 is 4.74 Å². The summed E-state index contributed by atoms with van der Waals surface area (Å²) < 4.78 is 5.19. The maximum Gasteiger partial charge on any atom is 0.0664 e. The normalized spacial score (nSPS) is 12.4. The number of anilines is 2. The highest BCUT2D eigenvalue weighted by atomic mass is 16.5. The van der Waals surface area contributed by atoms with Crippen molar-refractivity contribution in [2.75, 3.05) is 24.8 Å². The second-order valence-electron chi connectivity index (χ2n) is 4.16. The van der Waals surface area contributed by atoms with E-state index in [9.17, 15) is 0 Å². The molecule has 3 nitrogen and oxygen atoms in total. The summed E-state index contributed by atoms with van der Waals surface area (Å²) in [6.07, 6.45) is 2.24. The molecule has 0 aliphatic rings. The first kappa shape index (κ1) is 12.8. The Hall–Kier alpha value is -1.22. The zero-order valence-corrected chi connectivity index (χ0v) is 10.4. The average molecular weight is 222 g/mol. The van der Waals surface area contributed by atoms with Crippen LogP contribution in [0, 0.1) is 6.92 Å². The molecule has 90 valence electrons.